The van der Waals surface area contributed by atoms with Gasteiger partial charge < -0.3 is 9.30 Å². The molecule has 0 saturated carbocycles. The molecule has 1 N–H and O–H groups in total. The molecule has 0 saturated heterocycles. The Morgan fingerprint density at radius 1 is 1.52 bits per heavy atom. The Hall–Kier alpha value is -1.40. The molecule has 0 radical (unpaired) electrons. The van der Waals surface area contributed by atoms with Crippen LogP contribution < -0.4 is 5.32 Å². The zero-order valence-corrected chi connectivity index (χ0v) is 13.4. The smallest absolute Gasteiger partial charge is 0.325 e. The largest absolute Gasteiger partial charge is 0.468 e. The first-order valence-electron chi connectivity index (χ1n) is 7.53. The third-order valence-corrected chi connectivity index (χ3v) is 4.00. The van der Waals surface area contributed by atoms with Crippen molar-refractivity contribution in [3.05, 3.63) is 18.2 Å². The van der Waals surface area contributed by atoms with Gasteiger partial charge in [0.05, 0.1) is 13.7 Å². The van der Waals surface area contributed by atoms with Gasteiger partial charge in [-0.1, -0.05) is 0 Å². The lowest BCUT2D eigenvalue weighted by Gasteiger charge is -2.34. The van der Waals surface area contributed by atoms with Crippen LogP contribution in [0.15, 0.2) is 12.4 Å². The summed E-state index contributed by atoms with van der Waals surface area (Å²) in [6, 6.07) is 0.231. The molecule has 2 heterocycles. The van der Waals surface area contributed by atoms with Gasteiger partial charge in [0.25, 0.3) is 0 Å². The van der Waals surface area contributed by atoms with Gasteiger partial charge in [0.15, 0.2) is 0 Å². The average Bonchev–Trinajstić information content (AvgIpc) is 2.91. The first-order valence-corrected chi connectivity index (χ1v) is 7.53. The molecule has 0 fully saturated rings. The van der Waals surface area contributed by atoms with Crippen LogP contribution in [-0.4, -0.2) is 52.2 Å². The Kier molecular flexibility index (Phi) is 5.00. The summed E-state index contributed by atoms with van der Waals surface area (Å²) >= 11 is 0. The number of fused-ring (bicyclic) bond motifs is 1. The predicted octanol–water partition coefficient (Wildman–Crippen LogP) is 1.02. The van der Waals surface area contributed by atoms with Crippen LogP contribution in [0.3, 0.4) is 0 Å². The van der Waals surface area contributed by atoms with E-state index in [1.165, 1.54) is 7.11 Å². The lowest BCUT2D eigenvalue weighted by molar-refractivity contribution is -0.148. The number of aromatic nitrogens is 2. The molecule has 6 nitrogen and oxygen atoms in total. The fraction of sp³-hybridized carbons (Fsp3) is 0.733. The van der Waals surface area contributed by atoms with E-state index in [4.69, 9.17) is 4.74 Å². The highest BCUT2D eigenvalue weighted by Gasteiger charge is 2.35. The number of carbonyl (C=O) groups is 1. The number of hydrogen-bond acceptors (Lipinski definition) is 5. The van der Waals surface area contributed by atoms with Crippen molar-refractivity contribution in [2.75, 3.05) is 20.2 Å². The molecule has 1 atom stereocenters. The van der Waals surface area contributed by atoms with Crippen LogP contribution in [-0.2, 0) is 22.6 Å². The second kappa shape index (κ2) is 6.58. The number of esters is 1. The van der Waals surface area contributed by atoms with Crippen molar-refractivity contribution < 1.29 is 9.53 Å². The number of methoxy groups -OCH3 is 1. The molecule has 2 rings (SSSR count). The molecule has 0 bridgehead atoms. The van der Waals surface area contributed by atoms with Crippen molar-refractivity contribution in [2.45, 2.75) is 51.9 Å². The van der Waals surface area contributed by atoms with E-state index >= 15 is 0 Å². The van der Waals surface area contributed by atoms with Crippen molar-refractivity contribution in [3.63, 3.8) is 0 Å². The summed E-state index contributed by atoms with van der Waals surface area (Å²) in [4.78, 5) is 18.8. The lowest BCUT2D eigenvalue weighted by atomic mass is 9.96. The van der Waals surface area contributed by atoms with Gasteiger partial charge in [0.2, 0.25) is 0 Å². The number of rotatable bonds is 6. The summed E-state index contributed by atoms with van der Waals surface area (Å²) in [5.41, 5.74) is -0.643. The molecule has 0 amide bonds. The van der Waals surface area contributed by atoms with Gasteiger partial charge in [0, 0.05) is 38.1 Å². The number of hydrogen-bond donors (Lipinski definition) is 1. The fourth-order valence-electron chi connectivity index (χ4n) is 2.89. The normalized spacial score (nSPS) is 18.3. The van der Waals surface area contributed by atoms with Crippen LogP contribution in [0.4, 0.5) is 0 Å². The summed E-state index contributed by atoms with van der Waals surface area (Å²) in [5.74, 6) is 0.896. The van der Waals surface area contributed by atoms with E-state index < -0.39 is 5.54 Å². The van der Waals surface area contributed by atoms with Gasteiger partial charge in [-0.25, -0.2) is 4.98 Å². The Morgan fingerprint density at radius 3 is 2.95 bits per heavy atom. The molecule has 6 heteroatoms. The Labute approximate surface area is 126 Å². The SMILES string of the molecule is COC(=O)C(C)(CCN1CCn2ccnc2C1)NC(C)C. The van der Waals surface area contributed by atoms with E-state index in [1.807, 2.05) is 33.2 Å². The van der Waals surface area contributed by atoms with E-state index in [2.05, 4.69) is 19.8 Å². The highest BCUT2D eigenvalue weighted by atomic mass is 16.5. The van der Waals surface area contributed by atoms with Gasteiger partial charge in [-0.2, -0.15) is 0 Å². The van der Waals surface area contributed by atoms with Crippen LogP contribution in [0, 0.1) is 0 Å². The maximum atomic E-state index is 12.1. The van der Waals surface area contributed by atoms with Gasteiger partial charge >= 0.3 is 5.97 Å². The summed E-state index contributed by atoms with van der Waals surface area (Å²) < 4.78 is 7.15. The summed E-state index contributed by atoms with van der Waals surface area (Å²) in [5, 5.41) is 3.34. The van der Waals surface area contributed by atoms with Crippen LogP contribution in [0.1, 0.15) is 33.0 Å². The minimum Gasteiger partial charge on any atom is -0.468 e. The van der Waals surface area contributed by atoms with Crippen LogP contribution in [0.2, 0.25) is 0 Å². The summed E-state index contributed by atoms with van der Waals surface area (Å²) in [6.07, 6.45) is 4.59. The monoisotopic (exact) mass is 294 g/mol. The quantitative estimate of drug-likeness (QED) is 0.794. The van der Waals surface area contributed by atoms with Crippen molar-refractivity contribution in [3.8, 4) is 0 Å². The third kappa shape index (κ3) is 3.83. The maximum absolute atomic E-state index is 12.1. The maximum Gasteiger partial charge on any atom is 0.325 e. The molecular weight excluding hydrogens is 268 g/mol. The van der Waals surface area contributed by atoms with E-state index in [9.17, 15) is 4.79 Å². The minimum atomic E-state index is -0.643. The molecule has 1 aliphatic rings. The molecule has 1 aliphatic heterocycles. The van der Waals surface area contributed by atoms with Crippen molar-refractivity contribution in [2.24, 2.45) is 0 Å². The third-order valence-electron chi connectivity index (χ3n) is 4.00. The van der Waals surface area contributed by atoms with E-state index in [0.717, 1.165) is 38.4 Å². The standard InChI is InChI=1S/C15H26N4O2/c1-12(2)17-15(3,14(20)21-4)5-7-18-9-10-19-8-6-16-13(19)11-18/h6,8,12,17H,5,7,9-11H2,1-4H3. The van der Waals surface area contributed by atoms with Crippen molar-refractivity contribution in [1.29, 1.82) is 0 Å². The zero-order valence-electron chi connectivity index (χ0n) is 13.4. The second-order valence-corrected chi connectivity index (χ2v) is 6.19. The van der Waals surface area contributed by atoms with Crippen LogP contribution in [0.25, 0.3) is 0 Å². The second-order valence-electron chi connectivity index (χ2n) is 6.19. The van der Waals surface area contributed by atoms with Gasteiger partial charge in [-0.15, -0.1) is 0 Å². The molecular formula is C15H26N4O2. The Balaban J connectivity index is 1.94. The highest BCUT2D eigenvalue weighted by molar-refractivity contribution is 5.80. The number of carbonyl (C=O) groups excluding carboxylic acids is 1. The molecule has 21 heavy (non-hydrogen) atoms. The Bertz CT molecular complexity index is 486. The Morgan fingerprint density at radius 2 is 2.29 bits per heavy atom. The number of nitrogens with zero attached hydrogens (tertiary/aromatic N) is 3. The number of imidazole rings is 1. The number of ether oxygens (including phenoxy) is 1. The summed E-state index contributed by atoms with van der Waals surface area (Å²) in [6.45, 7) is 9.63. The summed E-state index contributed by atoms with van der Waals surface area (Å²) in [7, 11) is 1.44. The molecule has 1 aromatic heterocycles. The van der Waals surface area contributed by atoms with Gasteiger partial charge in [-0.05, 0) is 27.2 Å². The van der Waals surface area contributed by atoms with Crippen molar-refractivity contribution >= 4 is 5.97 Å². The van der Waals surface area contributed by atoms with E-state index in [0.29, 0.717) is 0 Å². The molecule has 0 aliphatic carbocycles. The molecule has 0 spiro atoms. The van der Waals surface area contributed by atoms with Gasteiger partial charge in [-0.3, -0.25) is 15.0 Å². The first-order chi connectivity index (χ1) is 9.94. The number of nitrogens with one attached hydrogen (secondary N) is 1. The fourth-order valence-corrected chi connectivity index (χ4v) is 2.89. The minimum absolute atomic E-state index is 0.199. The first kappa shape index (κ1) is 16.0. The lowest BCUT2D eigenvalue weighted by Crippen LogP contribution is -2.54. The molecule has 1 unspecified atom stereocenters. The van der Waals surface area contributed by atoms with E-state index in [1.54, 1.807) is 0 Å². The van der Waals surface area contributed by atoms with Crippen LogP contribution in [0.5, 0.6) is 0 Å². The van der Waals surface area contributed by atoms with E-state index in [-0.39, 0.29) is 12.0 Å². The van der Waals surface area contributed by atoms with Gasteiger partial charge in [0.1, 0.15) is 11.4 Å². The highest BCUT2D eigenvalue weighted by Crippen LogP contribution is 2.17. The topological polar surface area (TPSA) is 59.4 Å². The van der Waals surface area contributed by atoms with Crippen molar-refractivity contribution in [1.82, 2.24) is 19.8 Å². The molecule has 0 aromatic carbocycles. The molecule has 118 valence electrons. The molecule has 1 aromatic rings. The average molecular weight is 294 g/mol. The zero-order chi connectivity index (χ0) is 15.5. The predicted molar refractivity (Wildman–Crippen MR) is 80.8 cm³/mol. The van der Waals surface area contributed by atoms with Crippen LogP contribution >= 0.6 is 0 Å².